The number of nitrogens with zero attached hydrogens (tertiary/aromatic N) is 4. The zero-order valence-electron chi connectivity index (χ0n) is 15.3. The molecule has 0 radical (unpaired) electrons. The zero-order chi connectivity index (χ0) is 19.3. The van der Waals surface area contributed by atoms with Gasteiger partial charge in [0, 0.05) is 23.7 Å². The highest BCUT2D eigenvalue weighted by molar-refractivity contribution is 5.86. The van der Waals surface area contributed by atoms with E-state index < -0.39 is 0 Å². The number of hydrazone groups is 1. The van der Waals surface area contributed by atoms with Crippen LogP contribution in [0.5, 0.6) is 0 Å². The first kappa shape index (κ1) is 17.7. The van der Waals surface area contributed by atoms with Crippen molar-refractivity contribution >= 4 is 39.0 Å². The molecule has 0 saturated carbocycles. The molecule has 0 fully saturated rings. The van der Waals surface area contributed by atoms with Crippen molar-refractivity contribution in [2.75, 3.05) is 17.0 Å². The number of benzene rings is 2. The first-order valence-electron chi connectivity index (χ1n) is 8.99. The summed E-state index contributed by atoms with van der Waals surface area (Å²) in [7, 11) is 0. The summed E-state index contributed by atoms with van der Waals surface area (Å²) >= 11 is 0. The van der Waals surface area contributed by atoms with Gasteiger partial charge < -0.3 is 11.2 Å². The Morgan fingerprint density at radius 3 is 2.14 bits per heavy atom. The van der Waals surface area contributed by atoms with Crippen LogP contribution >= 0.6 is 0 Å². The number of rotatable bonds is 2. The van der Waals surface area contributed by atoms with E-state index in [4.69, 9.17) is 11.6 Å². The third-order valence-corrected chi connectivity index (χ3v) is 4.46. The lowest BCUT2D eigenvalue weighted by molar-refractivity contribution is 0.919. The van der Waals surface area contributed by atoms with Crippen molar-refractivity contribution in [3.63, 3.8) is 0 Å². The van der Waals surface area contributed by atoms with Crippen molar-refractivity contribution in [3.8, 4) is 0 Å². The van der Waals surface area contributed by atoms with Gasteiger partial charge in [0.25, 0.3) is 0 Å². The minimum Gasteiger partial charge on any atom is -0.386 e. The predicted molar refractivity (Wildman–Crippen MR) is 115 cm³/mol. The van der Waals surface area contributed by atoms with E-state index in [-0.39, 0.29) is 0 Å². The molecule has 5 rings (SSSR count). The van der Waals surface area contributed by atoms with E-state index in [2.05, 4.69) is 32.6 Å². The molecule has 140 valence electrons. The molecular weight excluding hydrogens is 350 g/mol. The molecule has 2 aromatic heterocycles. The Hall–Kier alpha value is -3.71. The fraction of sp³-hybridized carbons (Fsp3) is 0.0952. The summed E-state index contributed by atoms with van der Waals surface area (Å²) in [6, 6.07) is 20.0. The highest BCUT2D eigenvalue weighted by Crippen LogP contribution is 2.22. The second-order valence-electron chi connectivity index (χ2n) is 6.41. The highest BCUT2D eigenvalue weighted by atomic mass is 15.5. The van der Waals surface area contributed by atoms with Gasteiger partial charge in [-0.1, -0.05) is 36.4 Å². The van der Waals surface area contributed by atoms with Crippen LogP contribution in [-0.2, 0) is 0 Å². The monoisotopic (exact) mass is 371 g/mol. The van der Waals surface area contributed by atoms with Crippen LogP contribution in [0.25, 0.3) is 21.8 Å². The normalized spacial score (nSPS) is 13.2. The summed E-state index contributed by atoms with van der Waals surface area (Å²) in [4.78, 5) is 8.61. The molecule has 0 amide bonds. The average Bonchev–Trinajstić information content (AvgIpc) is 3.20. The number of hydrogen-bond donors (Lipinski definition) is 3. The number of aromatic nitrogens is 2. The first-order valence-corrected chi connectivity index (χ1v) is 8.99. The number of hydrazine groups is 1. The largest absolute Gasteiger partial charge is 0.386 e. The number of nitrogen functional groups attached to an aromatic ring is 1. The molecule has 1 aliphatic heterocycles. The second-order valence-corrected chi connectivity index (χ2v) is 6.41. The van der Waals surface area contributed by atoms with E-state index >= 15 is 0 Å². The van der Waals surface area contributed by atoms with Crippen molar-refractivity contribution in [2.24, 2.45) is 16.7 Å². The Kier molecular flexibility index (Phi) is 4.99. The fourth-order valence-electron chi connectivity index (χ4n) is 3.01. The van der Waals surface area contributed by atoms with Crippen molar-refractivity contribution in [1.82, 2.24) is 9.97 Å². The molecule has 0 aliphatic carbocycles. The van der Waals surface area contributed by atoms with Gasteiger partial charge in [0.1, 0.15) is 5.84 Å². The number of fused-ring (bicyclic) bond motifs is 2. The molecular formula is C21H21N7. The van der Waals surface area contributed by atoms with E-state index in [9.17, 15) is 0 Å². The third kappa shape index (κ3) is 3.84. The standard InChI is InChI=1S/C12H12N4.C9H9N3/c13-12-5-6-16(15-12)10-7-9-3-1-2-4-11(9)14-8-10;10-12-8-5-7-3-1-2-4-9(7)11-6-8/h1-4,7-8H,5-6H2,(H2,13,15);1-6,12H,10H2. The summed E-state index contributed by atoms with van der Waals surface area (Å²) in [6.07, 6.45) is 4.37. The molecule has 4 aromatic rings. The van der Waals surface area contributed by atoms with E-state index in [0.717, 1.165) is 46.1 Å². The van der Waals surface area contributed by atoms with Gasteiger partial charge in [0.05, 0.1) is 34.8 Å². The molecule has 0 saturated heterocycles. The van der Waals surface area contributed by atoms with Crippen LogP contribution in [0.15, 0.2) is 78.2 Å². The zero-order valence-corrected chi connectivity index (χ0v) is 15.3. The molecule has 28 heavy (non-hydrogen) atoms. The Labute approximate surface area is 162 Å². The minimum atomic E-state index is 0.688. The van der Waals surface area contributed by atoms with Gasteiger partial charge in [-0.3, -0.25) is 20.8 Å². The second kappa shape index (κ2) is 7.89. The van der Waals surface area contributed by atoms with Gasteiger partial charge in [-0.25, -0.2) is 0 Å². The van der Waals surface area contributed by atoms with Crippen LogP contribution in [0.3, 0.4) is 0 Å². The Morgan fingerprint density at radius 2 is 1.50 bits per heavy atom. The van der Waals surface area contributed by atoms with Gasteiger partial charge in [0.2, 0.25) is 0 Å². The maximum Gasteiger partial charge on any atom is 0.122 e. The van der Waals surface area contributed by atoms with Crippen molar-refractivity contribution < 1.29 is 0 Å². The van der Waals surface area contributed by atoms with Crippen molar-refractivity contribution in [2.45, 2.75) is 6.42 Å². The Balaban J connectivity index is 0.000000143. The number of amidine groups is 1. The summed E-state index contributed by atoms with van der Waals surface area (Å²) < 4.78 is 0. The van der Waals surface area contributed by atoms with Gasteiger partial charge in [-0.15, -0.1) is 0 Å². The predicted octanol–water partition coefficient (Wildman–Crippen LogP) is 3.24. The van der Waals surface area contributed by atoms with E-state index in [1.807, 2.05) is 59.7 Å². The SMILES string of the molecule is NC1=NN(c2cnc3ccccc3c2)CC1.NNc1cnc2ccccc2c1. The number of anilines is 2. The first-order chi connectivity index (χ1) is 13.7. The van der Waals surface area contributed by atoms with Crippen molar-refractivity contribution in [3.05, 3.63) is 73.1 Å². The molecule has 5 N–H and O–H groups in total. The average molecular weight is 371 g/mol. The van der Waals surface area contributed by atoms with Crippen LogP contribution in [0.4, 0.5) is 11.4 Å². The maximum absolute atomic E-state index is 5.66. The molecule has 0 unspecified atom stereocenters. The molecule has 0 bridgehead atoms. The smallest absolute Gasteiger partial charge is 0.122 e. The van der Waals surface area contributed by atoms with Gasteiger partial charge in [-0.2, -0.15) is 5.10 Å². The van der Waals surface area contributed by atoms with E-state index in [1.165, 1.54) is 0 Å². The van der Waals surface area contributed by atoms with Crippen LogP contribution < -0.4 is 22.0 Å². The number of nitrogens with one attached hydrogen (secondary N) is 1. The lowest BCUT2D eigenvalue weighted by Crippen LogP contribution is -2.11. The molecule has 2 aromatic carbocycles. The van der Waals surface area contributed by atoms with Crippen LogP contribution in [0.2, 0.25) is 0 Å². The minimum absolute atomic E-state index is 0.688. The van der Waals surface area contributed by atoms with E-state index in [1.54, 1.807) is 6.20 Å². The van der Waals surface area contributed by atoms with Gasteiger partial charge in [0.15, 0.2) is 0 Å². The van der Waals surface area contributed by atoms with Crippen molar-refractivity contribution in [1.29, 1.82) is 0 Å². The Bertz CT molecular complexity index is 1140. The number of para-hydroxylation sites is 2. The van der Waals surface area contributed by atoms with E-state index in [0.29, 0.717) is 5.84 Å². The van der Waals surface area contributed by atoms with Gasteiger partial charge >= 0.3 is 0 Å². The molecule has 3 heterocycles. The highest BCUT2D eigenvalue weighted by Gasteiger charge is 2.13. The molecule has 0 atom stereocenters. The van der Waals surface area contributed by atoms with Crippen LogP contribution in [0.1, 0.15) is 6.42 Å². The maximum atomic E-state index is 5.66. The molecule has 1 aliphatic rings. The van der Waals surface area contributed by atoms with Gasteiger partial charge in [-0.05, 0) is 24.3 Å². The molecule has 7 nitrogen and oxygen atoms in total. The lowest BCUT2D eigenvalue weighted by Gasteiger charge is -2.13. The third-order valence-electron chi connectivity index (χ3n) is 4.46. The summed E-state index contributed by atoms with van der Waals surface area (Å²) in [5, 5.41) is 8.37. The summed E-state index contributed by atoms with van der Waals surface area (Å²) in [5.41, 5.74) is 12.0. The van der Waals surface area contributed by atoms with Crippen LogP contribution in [0, 0.1) is 0 Å². The molecule has 0 spiro atoms. The summed E-state index contributed by atoms with van der Waals surface area (Å²) in [5.74, 6) is 5.94. The number of nitrogens with two attached hydrogens (primary N) is 2. The molecule has 7 heteroatoms. The Morgan fingerprint density at radius 1 is 0.857 bits per heavy atom. The quantitative estimate of drug-likeness (QED) is 0.369. The summed E-state index contributed by atoms with van der Waals surface area (Å²) in [6.45, 7) is 0.839. The van der Waals surface area contributed by atoms with Crippen LogP contribution in [-0.4, -0.2) is 22.3 Å². The number of pyridine rings is 2. The topological polar surface area (TPSA) is 105 Å². The fourth-order valence-corrected chi connectivity index (χ4v) is 3.01. The number of hydrogen-bond acceptors (Lipinski definition) is 7. The lowest BCUT2D eigenvalue weighted by atomic mass is 10.2.